The SMILES string of the molecule is CCCc1cc(NCC(C)C)n2nc3nc(C)cc(C)c3c2n1. The highest BCUT2D eigenvalue weighted by Crippen LogP contribution is 2.25. The molecule has 1 N–H and O–H groups in total. The summed E-state index contributed by atoms with van der Waals surface area (Å²) in [7, 11) is 0. The molecule has 0 aliphatic carbocycles. The molecule has 3 heterocycles. The van der Waals surface area contributed by atoms with Crippen LogP contribution < -0.4 is 5.32 Å². The van der Waals surface area contributed by atoms with Gasteiger partial charge in [0.2, 0.25) is 0 Å². The quantitative estimate of drug-likeness (QED) is 0.776. The van der Waals surface area contributed by atoms with Crippen LogP contribution in [0.2, 0.25) is 0 Å². The number of aryl methyl sites for hydroxylation is 3. The zero-order chi connectivity index (χ0) is 16.6. The Labute approximate surface area is 137 Å². The Morgan fingerprint density at radius 2 is 1.96 bits per heavy atom. The summed E-state index contributed by atoms with van der Waals surface area (Å²) in [5.41, 5.74) is 4.95. The molecule has 0 amide bonds. The molecular formula is C18H25N5. The van der Waals surface area contributed by atoms with Gasteiger partial charge in [-0.3, -0.25) is 0 Å². The van der Waals surface area contributed by atoms with Crippen LogP contribution in [0.5, 0.6) is 0 Å². The molecule has 0 aliphatic heterocycles. The van der Waals surface area contributed by atoms with E-state index in [0.29, 0.717) is 5.92 Å². The fourth-order valence-corrected chi connectivity index (χ4v) is 2.89. The van der Waals surface area contributed by atoms with Gasteiger partial charge in [-0.25, -0.2) is 9.97 Å². The molecule has 122 valence electrons. The van der Waals surface area contributed by atoms with Gasteiger partial charge in [0.25, 0.3) is 0 Å². The van der Waals surface area contributed by atoms with Crippen molar-refractivity contribution in [2.45, 2.75) is 47.5 Å². The minimum atomic E-state index is 0.569. The van der Waals surface area contributed by atoms with Crippen LogP contribution in [0.25, 0.3) is 16.7 Å². The molecule has 0 saturated heterocycles. The van der Waals surface area contributed by atoms with Crippen molar-refractivity contribution >= 4 is 22.5 Å². The highest BCUT2D eigenvalue weighted by Gasteiger charge is 2.15. The summed E-state index contributed by atoms with van der Waals surface area (Å²) in [6.07, 6.45) is 2.05. The number of hydrogen-bond donors (Lipinski definition) is 1. The van der Waals surface area contributed by atoms with Crippen LogP contribution >= 0.6 is 0 Å². The first-order valence-electron chi connectivity index (χ1n) is 8.40. The summed E-state index contributed by atoms with van der Waals surface area (Å²) in [4.78, 5) is 9.44. The molecule has 3 aromatic rings. The second-order valence-corrected chi connectivity index (χ2v) is 6.67. The summed E-state index contributed by atoms with van der Waals surface area (Å²) < 4.78 is 1.91. The smallest absolute Gasteiger partial charge is 0.184 e. The number of nitrogens with one attached hydrogen (secondary N) is 1. The van der Waals surface area contributed by atoms with E-state index in [1.807, 2.05) is 11.4 Å². The zero-order valence-electron chi connectivity index (χ0n) is 14.6. The van der Waals surface area contributed by atoms with E-state index in [1.165, 1.54) is 5.56 Å². The molecule has 5 nitrogen and oxygen atoms in total. The maximum absolute atomic E-state index is 4.85. The predicted molar refractivity (Wildman–Crippen MR) is 95.1 cm³/mol. The van der Waals surface area contributed by atoms with Gasteiger partial charge in [0.1, 0.15) is 5.82 Å². The number of aromatic nitrogens is 4. The Hall–Kier alpha value is -2.17. The Balaban J connectivity index is 2.25. The molecule has 0 atom stereocenters. The summed E-state index contributed by atoms with van der Waals surface area (Å²) in [6.45, 7) is 11.6. The molecule has 0 aromatic carbocycles. The predicted octanol–water partition coefficient (Wildman–Crippen LogP) is 3.91. The number of pyridine rings is 1. The lowest BCUT2D eigenvalue weighted by molar-refractivity contribution is 0.683. The summed E-state index contributed by atoms with van der Waals surface area (Å²) in [5, 5.41) is 9.27. The molecular weight excluding hydrogens is 286 g/mol. The minimum absolute atomic E-state index is 0.569. The Morgan fingerprint density at radius 3 is 2.65 bits per heavy atom. The Kier molecular flexibility index (Phi) is 4.20. The van der Waals surface area contributed by atoms with E-state index in [9.17, 15) is 0 Å². The number of fused-ring (bicyclic) bond motifs is 3. The third-order valence-electron chi connectivity index (χ3n) is 3.92. The Bertz CT molecular complexity index is 848. The maximum atomic E-state index is 4.85. The van der Waals surface area contributed by atoms with E-state index < -0.39 is 0 Å². The van der Waals surface area contributed by atoms with Crippen LogP contribution in [0.3, 0.4) is 0 Å². The molecule has 3 rings (SSSR count). The second kappa shape index (κ2) is 6.14. The highest BCUT2D eigenvalue weighted by molar-refractivity contribution is 5.93. The van der Waals surface area contributed by atoms with E-state index in [-0.39, 0.29) is 0 Å². The van der Waals surface area contributed by atoms with Crippen LogP contribution in [0.15, 0.2) is 12.1 Å². The van der Waals surface area contributed by atoms with Gasteiger partial charge >= 0.3 is 0 Å². The van der Waals surface area contributed by atoms with Crippen LogP contribution in [0.1, 0.15) is 44.1 Å². The number of hydrogen-bond acceptors (Lipinski definition) is 4. The van der Waals surface area contributed by atoms with Gasteiger partial charge < -0.3 is 5.32 Å². The average molecular weight is 311 g/mol. The zero-order valence-corrected chi connectivity index (χ0v) is 14.6. The first kappa shape index (κ1) is 15.7. The third kappa shape index (κ3) is 3.00. The average Bonchev–Trinajstić information content (AvgIpc) is 2.83. The molecule has 0 spiro atoms. The van der Waals surface area contributed by atoms with Crippen molar-refractivity contribution in [1.82, 2.24) is 19.6 Å². The minimum Gasteiger partial charge on any atom is -0.370 e. The van der Waals surface area contributed by atoms with Gasteiger partial charge in [0.15, 0.2) is 11.3 Å². The molecule has 0 fully saturated rings. The van der Waals surface area contributed by atoms with E-state index in [4.69, 9.17) is 10.1 Å². The van der Waals surface area contributed by atoms with Crippen molar-refractivity contribution in [2.75, 3.05) is 11.9 Å². The third-order valence-corrected chi connectivity index (χ3v) is 3.92. The lowest BCUT2D eigenvalue weighted by Gasteiger charge is -2.12. The molecule has 3 aromatic heterocycles. The summed E-state index contributed by atoms with van der Waals surface area (Å²) in [6, 6.07) is 4.21. The van der Waals surface area contributed by atoms with Crippen LogP contribution in [0.4, 0.5) is 5.82 Å². The first-order valence-corrected chi connectivity index (χ1v) is 8.40. The van der Waals surface area contributed by atoms with Crippen molar-refractivity contribution < 1.29 is 0 Å². The molecule has 0 saturated carbocycles. The summed E-state index contributed by atoms with van der Waals surface area (Å²) >= 11 is 0. The van der Waals surface area contributed by atoms with E-state index >= 15 is 0 Å². The Morgan fingerprint density at radius 1 is 1.17 bits per heavy atom. The van der Waals surface area contributed by atoms with Gasteiger partial charge in [-0.05, 0) is 37.8 Å². The van der Waals surface area contributed by atoms with Crippen molar-refractivity contribution in [3.8, 4) is 0 Å². The van der Waals surface area contributed by atoms with Crippen molar-refractivity contribution in [2.24, 2.45) is 5.92 Å². The molecule has 23 heavy (non-hydrogen) atoms. The van der Waals surface area contributed by atoms with Crippen LogP contribution in [0, 0.1) is 19.8 Å². The van der Waals surface area contributed by atoms with Gasteiger partial charge in [0, 0.05) is 24.0 Å². The second-order valence-electron chi connectivity index (χ2n) is 6.67. The topological polar surface area (TPSA) is 55.1 Å². The molecule has 5 heteroatoms. The molecule has 0 bridgehead atoms. The van der Waals surface area contributed by atoms with Gasteiger partial charge in [0.05, 0.1) is 5.39 Å². The first-order chi connectivity index (χ1) is 11.0. The monoisotopic (exact) mass is 311 g/mol. The van der Waals surface area contributed by atoms with Crippen molar-refractivity contribution in [3.05, 3.63) is 29.1 Å². The van der Waals surface area contributed by atoms with Crippen LogP contribution in [-0.4, -0.2) is 26.1 Å². The number of rotatable bonds is 5. The van der Waals surface area contributed by atoms with Gasteiger partial charge in [-0.15, -0.1) is 5.10 Å². The number of nitrogens with zero attached hydrogens (tertiary/aromatic N) is 4. The van der Waals surface area contributed by atoms with Gasteiger partial charge in [-0.2, -0.15) is 4.52 Å². The fourth-order valence-electron chi connectivity index (χ4n) is 2.89. The lowest BCUT2D eigenvalue weighted by atomic mass is 10.1. The highest BCUT2D eigenvalue weighted by atomic mass is 15.3. The molecule has 0 unspecified atom stereocenters. The largest absolute Gasteiger partial charge is 0.370 e. The number of anilines is 1. The van der Waals surface area contributed by atoms with E-state index in [1.54, 1.807) is 0 Å². The standard InChI is InChI=1S/C18H25N5/c1-6-7-14-9-15(19-10-11(2)3)23-18(21-14)16-12(4)8-13(5)20-17(16)22-23/h8-9,11,19H,6-7,10H2,1-5H3. The van der Waals surface area contributed by atoms with Gasteiger partial charge in [-0.1, -0.05) is 27.2 Å². The van der Waals surface area contributed by atoms with Crippen molar-refractivity contribution in [1.29, 1.82) is 0 Å². The summed E-state index contributed by atoms with van der Waals surface area (Å²) in [5.74, 6) is 1.57. The molecule has 0 radical (unpaired) electrons. The maximum Gasteiger partial charge on any atom is 0.184 e. The molecule has 0 aliphatic rings. The normalized spacial score (nSPS) is 11.7. The van der Waals surface area contributed by atoms with E-state index in [2.05, 4.69) is 50.1 Å². The van der Waals surface area contributed by atoms with Crippen LogP contribution in [-0.2, 0) is 6.42 Å². The fraction of sp³-hybridized carbons (Fsp3) is 0.500. The van der Waals surface area contributed by atoms with Crippen molar-refractivity contribution in [3.63, 3.8) is 0 Å². The lowest BCUT2D eigenvalue weighted by Crippen LogP contribution is -2.12. The van der Waals surface area contributed by atoms with E-state index in [0.717, 1.165) is 53.3 Å².